The summed E-state index contributed by atoms with van der Waals surface area (Å²) in [4.78, 5) is 22.5. The maximum absolute atomic E-state index is 13.9. The number of nitrogens with zero attached hydrogens (tertiary/aromatic N) is 1. The van der Waals surface area contributed by atoms with Crippen LogP contribution < -0.4 is 5.73 Å². The number of hydrogen-bond donors (Lipinski definition) is 2. The average molecular weight is 527 g/mol. The third kappa shape index (κ3) is 9.60. The molecule has 2 aromatic rings. The number of nitrogens with two attached hydrogens (primary N) is 1. The molecular formula is C20H20BrF5N2O4. The molecule has 12 heteroatoms. The molecule has 176 valence electrons. The van der Waals surface area contributed by atoms with Crippen molar-refractivity contribution < 1.29 is 41.4 Å². The van der Waals surface area contributed by atoms with Crippen LogP contribution in [0, 0.1) is 11.6 Å². The van der Waals surface area contributed by atoms with Crippen molar-refractivity contribution in [1.82, 2.24) is 4.90 Å². The Hall–Kier alpha value is -2.73. The molecule has 0 saturated carbocycles. The molecule has 32 heavy (non-hydrogen) atoms. The first-order valence-electron chi connectivity index (χ1n) is 9.05. The van der Waals surface area contributed by atoms with Crippen molar-refractivity contribution in [2.75, 3.05) is 19.6 Å². The van der Waals surface area contributed by atoms with E-state index in [-0.39, 0.29) is 42.7 Å². The van der Waals surface area contributed by atoms with Crippen LogP contribution in [0.2, 0.25) is 0 Å². The van der Waals surface area contributed by atoms with Crippen LogP contribution in [0.5, 0.6) is 0 Å². The predicted molar refractivity (Wildman–Crippen MR) is 109 cm³/mol. The van der Waals surface area contributed by atoms with Crippen LogP contribution in [-0.4, -0.2) is 47.9 Å². The first-order chi connectivity index (χ1) is 15.0. The first-order valence-corrected chi connectivity index (χ1v) is 9.84. The summed E-state index contributed by atoms with van der Waals surface area (Å²) in [5, 5.41) is 7.12. The summed E-state index contributed by atoms with van der Waals surface area (Å²) < 4.78 is 64.5. The second kappa shape index (κ2) is 13.0. The summed E-state index contributed by atoms with van der Waals surface area (Å²) in [6.45, 7) is 0.844. The topological polar surface area (TPSA) is 92.9 Å². The molecule has 0 heterocycles. The number of rotatable bonds is 7. The molecule has 0 fully saturated rings. The number of carbonyl (C=O) groups excluding carboxylic acids is 1. The number of benzene rings is 2. The number of halogens is 6. The van der Waals surface area contributed by atoms with Gasteiger partial charge in [0.25, 0.3) is 0 Å². The third-order valence-corrected chi connectivity index (χ3v) is 4.45. The molecule has 0 unspecified atom stereocenters. The zero-order valence-corrected chi connectivity index (χ0v) is 18.1. The molecule has 6 nitrogen and oxygen atoms in total. The molecule has 2 rings (SSSR count). The van der Waals surface area contributed by atoms with Crippen LogP contribution in [0.1, 0.15) is 11.1 Å². The van der Waals surface area contributed by atoms with Gasteiger partial charge in [0.1, 0.15) is 18.2 Å². The van der Waals surface area contributed by atoms with Crippen molar-refractivity contribution in [2.45, 2.75) is 19.2 Å². The van der Waals surface area contributed by atoms with E-state index in [9.17, 15) is 26.7 Å². The Bertz CT molecular complexity index is 898. The molecule has 0 aliphatic heterocycles. The van der Waals surface area contributed by atoms with Crippen molar-refractivity contribution in [3.05, 3.63) is 69.7 Å². The number of amides is 1. The molecule has 3 N–H and O–H groups in total. The normalized spacial score (nSPS) is 10.7. The Morgan fingerprint density at radius 1 is 1.06 bits per heavy atom. The fraction of sp³-hybridized carbons (Fsp3) is 0.300. The zero-order valence-electron chi connectivity index (χ0n) is 16.5. The van der Waals surface area contributed by atoms with Crippen LogP contribution in [0.15, 0.2) is 46.9 Å². The molecule has 0 radical (unpaired) electrons. The highest BCUT2D eigenvalue weighted by atomic mass is 79.9. The summed E-state index contributed by atoms with van der Waals surface area (Å²) >= 11 is 2.93. The lowest BCUT2D eigenvalue weighted by Crippen LogP contribution is -2.37. The van der Waals surface area contributed by atoms with Gasteiger partial charge in [-0.3, -0.25) is 0 Å². The maximum atomic E-state index is 13.9. The van der Waals surface area contributed by atoms with Crippen molar-refractivity contribution in [2.24, 2.45) is 5.73 Å². The largest absolute Gasteiger partial charge is 0.490 e. The van der Waals surface area contributed by atoms with Gasteiger partial charge in [0.15, 0.2) is 0 Å². The van der Waals surface area contributed by atoms with Gasteiger partial charge in [0.05, 0.1) is 4.47 Å². The Labute approximate surface area is 188 Å². The monoisotopic (exact) mass is 526 g/mol. The summed E-state index contributed by atoms with van der Waals surface area (Å²) in [6.07, 6.45) is -5.46. The molecule has 0 aromatic heterocycles. The zero-order chi connectivity index (χ0) is 24.3. The smallest absolute Gasteiger partial charge is 0.475 e. The number of ether oxygens (including phenoxy) is 1. The number of carboxylic acid groups (broad SMARTS) is 1. The predicted octanol–water partition coefficient (Wildman–Crippen LogP) is 4.50. The average Bonchev–Trinajstić information content (AvgIpc) is 2.73. The van der Waals surface area contributed by atoms with E-state index in [4.69, 9.17) is 20.4 Å². The molecule has 0 atom stereocenters. The molecule has 0 spiro atoms. The highest BCUT2D eigenvalue weighted by Crippen LogP contribution is 2.20. The van der Waals surface area contributed by atoms with Crippen LogP contribution >= 0.6 is 15.9 Å². The van der Waals surface area contributed by atoms with Gasteiger partial charge in [-0.2, -0.15) is 13.2 Å². The number of aliphatic carboxylic acids is 1. The van der Waals surface area contributed by atoms with Crippen molar-refractivity contribution in [1.29, 1.82) is 0 Å². The van der Waals surface area contributed by atoms with E-state index in [1.54, 1.807) is 0 Å². The second-order valence-electron chi connectivity index (χ2n) is 6.23. The molecule has 0 saturated heterocycles. The minimum Gasteiger partial charge on any atom is -0.475 e. The molecule has 0 aliphatic carbocycles. The van der Waals surface area contributed by atoms with E-state index < -0.39 is 29.9 Å². The fourth-order valence-electron chi connectivity index (χ4n) is 2.27. The first kappa shape index (κ1) is 27.3. The SMILES string of the molecule is NCCN(CCc1cc(F)c(Br)cc1F)C(=O)OCc1ccccc1.O=C(O)C(F)(F)F. The minimum atomic E-state index is -5.08. The molecular weight excluding hydrogens is 507 g/mol. The number of hydrogen-bond acceptors (Lipinski definition) is 4. The number of carbonyl (C=O) groups is 2. The fourth-order valence-corrected chi connectivity index (χ4v) is 2.59. The van der Waals surface area contributed by atoms with Gasteiger partial charge in [0.2, 0.25) is 0 Å². The van der Waals surface area contributed by atoms with E-state index in [0.717, 1.165) is 17.7 Å². The van der Waals surface area contributed by atoms with E-state index in [1.165, 1.54) is 4.90 Å². The lowest BCUT2D eigenvalue weighted by atomic mass is 10.1. The van der Waals surface area contributed by atoms with Crippen LogP contribution in [0.4, 0.5) is 26.7 Å². The van der Waals surface area contributed by atoms with Crippen molar-refractivity contribution in [3.63, 3.8) is 0 Å². The highest BCUT2D eigenvalue weighted by Gasteiger charge is 2.38. The minimum absolute atomic E-state index is 0.0647. The summed E-state index contributed by atoms with van der Waals surface area (Å²) in [5.41, 5.74) is 6.59. The summed E-state index contributed by atoms with van der Waals surface area (Å²) in [7, 11) is 0. The standard InChI is InChI=1S/C18H19BrF2N2O2.C2HF3O2/c19-15-11-16(20)14(10-17(15)21)6-8-23(9-7-22)18(24)25-12-13-4-2-1-3-5-13;3-2(4,5)1(6)7/h1-5,10-11H,6-9,12,22H2;(H,6,7). The highest BCUT2D eigenvalue weighted by molar-refractivity contribution is 9.10. The van der Waals surface area contributed by atoms with E-state index in [1.807, 2.05) is 30.3 Å². The number of carboxylic acids is 1. The number of alkyl halides is 3. The van der Waals surface area contributed by atoms with Gasteiger partial charge in [-0.1, -0.05) is 30.3 Å². The van der Waals surface area contributed by atoms with Crippen LogP contribution in [0.3, 0.4) is 0 Å². The van der Waals surface area contributed by atoms with Crippen molar-refractivity contribution in [3.8, 4) is 0 Å². The quantitative estimate of drug-likeness (QED) is 0.409. The van der Waals surface area contributed by atoms with Gasteiger partial charge < -0.3 is 20.5 Å². The van der Waals surface area contributed by atoms with Gasteiger partial charge in [-0.15, -0.1) is 0 Å². The Morgan fingerprint density at radius 2 is 1.66 bits per heavy atom. The molecule has 0 bridgehead atoms. The maximum Gasteiger partial charge on any atom is 0.490 e. The molecule has 0 aliphatic rings. The lowest BCUT2D eigenvalue weighted by molar-refractivity contribution is -0.192. The van der Waals surface area contributed by atoms with Gasteiger partial charge in [0, 0.05) is 19.6 Å². The second-order valence-corrected chi connectivity index (χ2v) is 7.08. The van der Waals surface area contributed by atoms with Crippen LogP contribution in [0.25, 0.3) is 0 Å². The van der Waals surface area contributed by atoms with Gasteiger partial charge in [-0.25, -0.2) is 18.4 Å². The van der Waals surface area contributed by atoms with E-state index in [0.29, 0.717) is 0 Å². The van der Waals surface area contributed by atoms with Crippen molar-refractivity contribution >= 4 is 28.0 Å². The molecule has 2 aromatic carbocycles. The lowest BCUT2D eigenvalue weighted by Gasteiger charge is -2.21. The summed E-state index contributed by atoms with van der Waals surface area (Å²) in [5.74, 6) is -3.83. The Balaban J connectivity index is 0.000000633. The third-order valence-electron chi connectivity index (χ3n) is 3.85. The van der Waals surface area contributed by atoms with Crippen LogP contribution in [-0.2, 0) is 22.6 Å². The van der Waals surface area contributed by atoms with E-state index in [2.05, 4.69) is 15.9 Å². The summed E-state index contributed by atoms with van der Waals surface area (Å²) in [6, 6.07) is 11.5. The Kier molecular flexibility index (Phi) is 11.1. The van der Waals surface area contributed by atoms with Gasteiger partial charge in [-0.05, 0) is 45.6 Å². The van der Waals surface area contributed by atoms with E-state index >= 15 is 0 Å². The Morgan fingerprint density at radius 3 is 2.19 bits per heavy atom. The van der Waals surface area contributed by atoms with Gasteiger partial charge >= 0.3 is 18.2 Å². The molecule has 1 amide bonds.